The van der Waals surface area contributed by atoms with Crippen LogP contribution in [-0.4, -0.2) is 5.78 Å². The Bertz CT molecular complexity index is 694. The number of carbonyl (C=O) groups is 1. The molecule has 2 nitrogen and oxygen atoms in total. The molecule has 2 aromatic rings. The van der Waals surface area contributed by atoms with E-state index >= 15 is 0 Å². The molecule has 100 valence electrons. The standard InChI is InChI=1S/C15H8BrClFNO/c16-10-3-1-9(2-4-10)13(8-19)15(20)12-7-11(17)5-6-14(12)18/h1-7,13H. The number of ketones is 1. The summed E-state index contributed by atoms with van der Waals surface area (Å²) < 4.78 is 14.5. The second-order valence-corrected chi connectivity index (χ2v) is 5.45. The predicted octanol–water partition coefficient (Wildman–Crippen LogP) is 4.73. The molecular weight excluding hydrogens is 345 g/mol. The third-order valence-corrected chi connectivity index (χ3v) is 3.55. The lowest BCUT2D eigenvalue weighted by molar-refractivity contribution is 0.0975. The van der Waals surface area contributed by atoms with E-state index in [1.807, 2.05) is 6.07 Å². The van der Waals surface area contributed by atoms with Crippen molar-refractivity contribution in [2.45, 2.75) is 5.92 Å². The summed E-state index contributed by atoms with van der Waals surface area (Å²) in [5.74, 6) is -2.34. The number of nitrogens with zero attached hydrogens (tertiary/aromatic N) is 1. The fourth-order valence-corrected chi connectivity index (χ4v) is 2.22. The Morgan fingerprint density at radius 1 is 1.25 bits per heavy atom. The summed E-state index contributed by atoms with van der Waals surface area (Å²) in [6.07, 6.45) is 0. The van der Waals surface area contributed by atoms with Crippen LogP contribution in [0.2, 0.25) is 5.02 Å². The number of nitriles is 1. The highest BCUT2D eigenvalue weighted by molar-refractivity contribution is 9.10. The lowest BCUT2D eigenvalue weighted by Gasteiger charge is -2.10. The molecule has 2 aromatic carbocycles. The van der Waals surface area contributed by atoms with E-state index in [0.29, 0.717) is 5.56 Å². The first kappa shape index (κ1) is 14.7. The van der Waals surface area contributed by atoms with Crippen LogP contribution in [0.5, 0.6) is 0 Å². The van der Waals surface area contributed by atoms with Crippen LogP contribution in [0, 0.1) is 17.1 Å². The monoisotopic (exact) mass is 351 g/mol. The lowest BCUT2D eigenvalue weighted by Crippen LogP contribution is -2.13. The maximum atomic E-state index is 13.7. The van der Waals surface area contributed by atoms with Crippen molar-refractivity contribution in [3.8, 4) is 6.07 Å². The second kappa shape index (κ2) is 6.17. The summed E-state index contributed by atoms with van der Waals surface area (Å²) >= 11 is 9.04. The number of Topliss-reactive ketones (excluding diaryl/α,β-unsaturated/α-hetero) is 1. The smallest absolute Gasteiger partial charge is 0.187 e. The molecule has 0 bridgehead atoms. The van der Waals surface area contributed by atoms with Gasteiger partial charge in [0, 0.05) is 9.50 Å². The predicted molar refractivity (Wildman–Crippen MR) is 78.2 cm³/mol. The van der Waals surface area contributed by atoms with E-state index in [1.165, 1.54) is 12.1 Å². The second-order valence-electron chi connectivity index (χ2n) is 4.10. The van der Waals surface area contributed by atoms with Crippen molar-refractivity contribution in [2.75, 3.05) is 0 Å². The van der Waals surface area contributed by atoms with E-state index in [-0.39, 0.29) is 10.6 Å². The Hall–Kier alpha value is -1.70. The Kier molecular flexibility index (Phi) is 4.53. The molecule has 2 rings (SSSR count). The molecular formula is C15H8BrClFNO. The zero-order chi connectivity index (χ0) is 14.7. The van der Waals surface area contributed by atoms with E-state index in [9.17, 15) is 14.4 Å². The zero-order valence-electron chi connectivity index (χ0n) is 10.1. The largest absolute Gasteiger partial charge is 0.292 e. The number of rotatable bonds is 3. The van der Waals surface area contributed by atoms with Gasteiger partial charge in [-0.3, -0.25) is 4.79 Å². The van der Waals surface area contributed by atoms with Crippen molar-refractivity contribution >= 4 is 33.3 Å². The highest BCUT2D eigenvalue weighted by atomic mass is 79.9. The van der Waals surface area contributed by atoms with E-state index in [0.717, 1.165) is 10.5 Å². The van der Waals surface area contributed by atoms with Crippen LogP contribution in [-0.2, 0) is 0 Å². The molecule has 20 heavy (non-hydrogen) atoms. The van der Waals surface area contributed by atoms with Crippen LogP contribution < -0.4 is 0 Å². The Balaban J connectivity index is 2.42. The summed E-state index contributed by atoms with van der Waals surface area (Å²) in [4.78, 5) is 12.3. The molecule has 0 aliphatic carbocycles. The molecule has 0 saturated carbocycles. The summed E-state index contributed by atoms with van der Waals surface area (Å²) in [5.41, 5.74) is 0.340. The molecule has 0 aliphatic heterocycles. The van der Waals surface area contributed by atoms with E-state index in [1.54, 1.807) is 24.3 Å². The SMILES string of the molecule is N#CC(C(=O)c1cc(Cl)ccc1F)c1ccc(Br)cc1. The molecule has 5 heteroatoms. The molecule has 1 atom stereocenters. The summed E-state index contributed by atoms with van der Waals surface area (Å²) in [5, 5.41) is 9.45. The van der Waals surface area contributed by atoms with E-state index in [4.69, 9.17) is 11.6 Å². The van der Waals surface area contributed by atoms with Crippen molar-refractivity contribution in [2.24, 2.45) is 0 Å². The van der Waals surface area contributed by atoms with Crippen LogP contribution in [0.1, 0.15) is 21.8 Å². The van der Waals surface area contributed by atoms with E-state index < -0.39 is 17.5 Å². The third kappa shape index (κ3) is 3.06. The van der Waals surface area contributed by atoms with Gasteiger partial charge in [-0.2, -0.15) is 5.26 Å². The Morgan fingerprint density at radius 3 is 2.50 bits per heavy atom. The van der Waals surface area contributed by atoms with Gasteiger partial charge in [0.25, 0.3) is 0 Å². The van der Waals surface area contributed by atoms with Gasteiger partial charge in [0.2, 0.25) is 0 Å². The first-order chi connectivity index (χ1) is 9.52. The molecule has 0 amide bonds. The molecule has 1 unspecified atom stereocenters. The van der Waals surface area contributed by atoms with Gasteiger partial charge in [0.15, 0.2) is 5.78 Å². The molecule has 0 aliphatic rings. The van der Waals surface area contributed by atoms with Gasteiger partial charge in [-0.25, -0.2) is 4.39 Å². The minimum absolute atomic E-state index is 0.174. The Labute approximate surface area is 128 Å². The van der Waals surface area contributed by atoms with Crippen molar-refractivity contribution in [1.29, 1.82) is 5.26 Å². The van der Waals surface area contributed by atoms with Gasteiger partial charge in [-0.1, -0.05) is 39.7 Å². The molecule has 0 fully saturated rings. The van der Waals surface area contributed by atoms with Gasteiger partial charge >= 0.3 is 0 Å². The van der Waals surface area contributed by atoms with Crippen molar-refractivity contribution in [3.05, 3.63) is 68.9 Å². The quantitative estimate of drug-likeness (QED) is 0.749. The number of benzene rings is 2. The summed E-state index contributed by atoms with van der Waals surface area (Å²) in [6, 6.07) is 12.4. The average molecular weight is 353 g/mol. The van der Waals surface area contributed by atoms with Gasteiger partial charge in [-0.15, -0.1) is 0 Å². The average Bonchev–Trinajstić information content (AvgIpc) is 2.44. The highest BCUT2D eigenvalue weighted by Crippen LogP contribution is 2.25. The first-order valence-electron chi connectivity index (χ1n) is 5.67. The fourth-order valence-electron chi connectivity index (χ4n) is 1.78. The highest BCUT2D eigenvalue weighted by Gasteiger charge is 2.24. The van der Waals surface area contributed by atoms with Gasteiger partial charge in [0.1, 0.15) is 11.7 Å². The maximum absolute atomic E-state index is 13.7. The fraction of sp³-hybridized carbons (Fsp3) is 0.0667. The van der Waals surface area contributed by atoms with Crippen LogP contribution >= 0.6 is 27.5 Å². The first-order valence-corrected chi connectivity index (χ1v) is 6.84. The maximum Gasteiger partial charge on any atom is 0.187 e. The Morgan fingerprint density at radius 2 is 1.90 bits per heavy atom. The van der Waals surface area contributed by atoms with E-state index in [2.05, 4.69) is 15.9 Å². The number of halogens is 3. The zero-order valence-corrected chi connectivity index (χ0v) is 12.5. The molecule has 0 spiro atoms. The minimum Gasteiger partial charge on any atom is -0.292 e. The minimum atomic E-state index is -1.06. The molecule has 0 heterocycles. The molecule has 0 N–H and O–H groups in total. The van der Waals surface area contributed by atoms with Crippen LogP contribution in [0.4, 0.5) is 4.39 Å². The number of hydrogen-bond acceptors (Lipinski definition) is 2. The molecule has 0 saturated heterocycles. The topological polar surface area (TPSA) is 40.9 Å². The summed E-state index contributed by atoms with van der Waals surface area (Å²) in [6.45, 7) is 0. The van der Waals surface area contributed by atoms with Crippen molar-refractivity contribution < 1.29 is 9.18 Å². The van der Waals surface area contributed by atoms with Crippen LogP contribution in [0.15, 0.2) is 46.9 Å². The number of hydrogen-bond donors (Lipinski definition) is 0. The summed E-state index contributed by atoms with van der Waals surface area (Å²) in [7, 11) is 0. The molecule has 0 aromatic heterocycles. The van der Waals surface area contributed by atoms with Gasteiger partial charge < -0.3 is 0 Å². The van der Waals surface area contributed by atoms with Crippen LogP contribution in [0.3, 0.4) is 0 Å². The van der Waals surface area contributed by atoms with Crippen molar-refractivity contribution in [3.63, 3.8) is 0 Å². The lowest BCUT2D eigenvalue weighted by atomic mass is 9.92. The van der Waals surface area contributed by atoms with Gasteiger partial charge in [0.05, 0.1) is 11.6 Å². The van der Waals surface area contributed by atoms with Crippen LogP contribution in [0.25, 0.3) is 0 Å². The van der Waals surface area contributed by atoms with Crippen molar-refractivity contribution in [1.82, 2.24) is 0 Å². The van der Waals surface area contributed by atoms with Gasteiger partial charge in [-0.05, 0) is 35.9 Å². The number of carbonyl (C=O) groups excluding carboxylic acids is 1. The normalized spacial score (nSPS) is 11.7. The molecule has 0 radical (unpaired) electrons. The third-order valence-electron chi connectivity index (χ3n) is 2.79.